The van der Waals surface area contributed by atoms with Gasteiger partial charge in [0.25, 0.3) is 0 Å². The number of imidazole rings is 3. The number of benzene rings is 6. The number of rotatable bonds is 6. The van der Waals surface area contributed by atoms with Crippen molar-refractivity contribution in [3.05, 3.63) is 201 Å². The van der Waals surface area contributed by atoms with Crippen LogP contribution in [0.3, 0.4) is 0 Å². The normalized spacial score (nSPS) is 10.3. The van der Waals surface area contributed by atoms with E-state index in [0.717, 1.165) is 50.9 Å². The Labute approximate surface area is 336 Å². The molecule has 0 N–H and O–H groups in total. The van der Waals surface area contributed by atoms with Crippen LogP contribution in [-0.2, 0) is 41.2 Å². The maximum Gasteiger partial charge on any atom is 3.00 e. The molecule has 3 aromatic heterocycles. The van der Waals surface area contributed by atoms with E-state index >= 15 is 0 Å². The van der Waals surface area contributed by atoms with Crippen LogP contribution in [0.1, 0.15) is 0 Å². The fourth-order valence-corrected chi connectivity index (χ4v) is 6.31. The Morgan fingerprint density at radius 1 is 0.345 bits per heavy atom. The molecule has 6 aromatic carbocycles. The van der Waals surface area contributed by atoms with Gasteiger partial charge >= 0.3 is 20.1 Å². The second kappa shape index (κ2) is 18.6. The van der Waals surface area contributed by atoms with Crippen molar-refractivity contribution in [1.82, 2.24) is 28.7 Å². The molecule has 0 aliphatic carbocycles. The third kappa shape index (κ3) is 9.05. The van der Waals surface area contributed by atoms with E-state index in [9.17, 15) is 0 Å². The van der Waals surface area contributed by atoms with E-state index in [2.05, 4.69) is 69.5 Å². The Balaban J connectivity index is 0.000000139. The van der Waals surface area contributed by atoms with Crippen molar-refractivity contribution in [3.8, 4) is 67.5 Å². The minimum atomic E-state index is 0. The van der Waals surface area contributed by atoms with Gasteiger partial charge in [-0.05, 0) is 16.7 Å². The summed E-state index contributed by atoms with van der Waals surface area (Å²) in [6.07, 6.45) is 5.54. The van der Waals surface area contributed by atoms with Gasteiger partial charge in [-0.3, -0.25) is 15.0 Å². The Morgan fingerprint density at radius 2 is 0.600 bits per heavy atom. The molecule has 0 atom stereocenters. The summed E-state index contributed by atoms with van der Waals surface area (Å²) in [4.78, 5) is 13.5. The standard InChI is InChI=1S/3C16H13N2.Ir/c3*1-18-12-17-15(13-8-4-2-5-9-13)16(18)14-10-6-3-7-11-14;/h3*2-8,10-12H,1H3;/q3*-1;+3. The van der Waals surface area contributed by atoms with Crippen molar-refractivity contribution in [2.75, 3.05) is 0 Å². The summed E-state index contributed by atoms with van der Waals surface area (Å²) in [5.74, 6) is 0. The molecule has 7 heteroatoms. The molecule has 0 radical (unpaired) electrons. The van der Waals surface area contributed by atoms with E-state index < -0.39 is 0 Å². The van der Waals surface area contributed by atoms with Crippen molar-refractivity contribution in [2.24, 2.45) is 21.1 Å². The van der Waals surface area contributed by atoms with Crippen LogP contribution in [-0.4, -0.2) is 28.7 Å². The monoisotopic (exact) mass is 892 g/mol. The molecule has 9 rings (SSSR count). The zero-order chi connectivity index (χ0) is 37.1. The van der Waals surface area contributed by atoms with Crippen molar-refractivity contribution >= 4 is 0 Å². The zero-order valence-electron chi connectivity index (χ0n) is 30.8. The largest absolute Gasteiger partial charge is 3.00 e. The maximum absolute atomic E-state index is 4.49. The molecular weight excluding hydrogens is 853 g/mol. The molecule has 0 saturated heterocycles. The van der Waals surface area contributed by atoms with Gasteiger partial charge in [0.1, 0.15) is 0 Å². The Hall–Kier alpha value is -6.40. The van der Waals surface area contributed by atoms with Crippen molar-refractivity contribution in [1.29, 1.82) is 0 Å². The van der Waals surface area contributed by atoms with E-state index in [-0.39, 0.29) is 20.1 Å². The maximum atomic E-state index is 4.49. The molecular formula is C48H39IrN6. The second-order valence-corrected chi connectivity index (χ2v) is 12.6. The Morgan fingerprint density at radius 3 is 0.836 bits per heavy atom. The first kappa shape index (κ1) is 38.3. The van der Waals surface area contributed by atoms with Gasteiger partial charge in [0.15, 0.2) is 0 Å². The van der Waals surface area contributed by atoms with Gasteiger partial charge in [-0.25, -0.2) is 0 Å². The summed E-state index contributed by atoms with van der Waals surface area (Å²) in [5.41, 5.74) is 12.9. The van der Waals surface area contributed by atoms with Crippen LogP contribution in [0.5, 0.6) is 0 Å². The summed E-state index contributed by atoms with van der Waals surface area (Å²) in [7, 11) is 6.05. The van der Waals surface area contributed by atoms with Crippen LogP contribution in [0.2, 0.25) is 0 Å². The first-order chi connectivity index (χ1) is 26.6. The van der Waals surface area contributed by atoms with E-state index in [1.807, 2.05) is 181 Å². The van der Waals surface area contributed by atoms with Crippen LogP contribution in [0.4, 0.5) is 0 Å². The van der Waals surface area contributed by atoms with E-state index in [4.69, 9.17) is 0 Å². The summed E-state index contributed by atoms with van der Waals surface area (Å²) >= 11 is 0. The first-order valence-electron chi connectivity index (χ1n) is 17.7. The molecule has 0 amide bonds. The van der Waals surface area contributed by atoms with Crippen molar-refractivity contribution in [2.45, 2.75) is 0 Å². The van der Waals surface area contributed by atoms with Crippen LogP contribution in [0.25, 0.3) is 67.5 Å². The predicted molar refractivity (Wildman–Crippen MR) is 219 cm³/mol. The first-order valence-corrected chi connectivity index (χ1v) is 17.7. The number of aromatic nitrogens is 6. The summed E-state index contributed by atoms with van der Waals surface area (Å²) in [6.45, 7) is 0. The smallest absolute Gasteiger partial charge is 0.342 e. The second-order valence-electron chi connectivity index (χ2n) is 12.6. The molecule has 0 fully saturated rings. The molecule has 0 bridgehead atoms. The summed E-state index contributed by atoms with van der Waals surface area (Å²) in [5, 5.41) is 0. The topological polar surface area (TPSA) is 53.5 Å². The van der Waals surface area contributed by atoms with Crippen molar-refractivity contribution < 1.29 is 20.1 Å². The van der Waals surface area contributed by atoms with Gasteiger partial charge in [0, 0.05) is 55.3 Å². The average Bonchev–Trinajstić information content (AvgIpc) is 3.96. The Bertz CT molecular complexity index is 2210. The van der Waals surface area contributed by atoms with Gasteiger partial charge in [0.2, 0.25) is 0 Å². The molecule has 0 saturated carbocycles. The minimum absolute atomic E-state index is 0. The number of aryl methyl sites for hydroxylation is 3. The third-order valence-electron chi connectivity index (χ3n) is 8.85. The molecule has 0 aliphatic heterocycles. The number of nitrogens with zero attached hydrogens (tertiary/aromatic N) is 6. The van der Waals surface area contributed by atoms with Gasteiger partial charge in [-0.1, -0.05) is 91.0 Å². The van der Waals surface area contributed by atoms with E-state index in [1.165, 1.54) is 16.7 Å². The molecule has 55 heavy (non-hydrogen) atoms. The minimum Gasteiger partial charge on any atom is -0.342 e. The Kier molecular flexibility index (Phi) is 12.9. The van der Waals surface area contributed by atoms with Gasteiger partial charge in [-0.15, -0.1) is 108 Å². The molecule has 9 aromatic rings. The van der Waals surface area contributed by atoms with E-state index in [0.29, 0.717) is 0 Å². The molecule has 270 valence electrons. The van der Waals surface area contributed by atoms with Crippen LogP contribution in [0.15, 0.2) is 183 Å². The fourth-order valence-electron chi connectivity index (χ4n) is 6.31. The zero-order valence-corrected chi connectivity index (χ0v) is 33.2. The van der Waals surface area contributed by atoms with Crippen molar-refractivity contribution in [3.63, 3.8) is 0 Å². The van der Waals surface area contributed by atoms with Gasteiger partial charge in [-0.2, -0.15) is 0 Å². The van der Waals surface area contributed by atoms with Gasteiger partial charge in [0.05, 0.1) is 19.0 Å². The van der Waals surface area contributed by atoms with Crippen LogP contribution < -0.4 is 0 Å². The number of hydrogen-bond acceptors (Lipinski definition) is 3. The van der Waals surface area contributed by atoms with E-state index in [1.54, 1.807) is 0 Å². The predicted octanol–water partition coefficient (Wildman–Crippen LogP) is 10.7. The van der Waals surface area contributed by atoms with Gasteiger partial charge < -0.3 is 13.7 Å². The number of hydrogen-bond donors (Lipinski definition) is 0. The quantitative estimate of drug-likeness (QED) is 0.156. The molecule has 0 spiro atoms. The third-order valence-corrected chi connectivity index (χ3v) is 8.85. The fraction of sp³-hybridized carbons (Fsp3) is 0.0625. The average molecular weight is 892 g/mol. The van der Waals surface area contributed by atoms with Crippen LogP contribution in [0, 0.1) is 18.2 Å². The molecule has 3 heterocycles. The molecule has 6 nitrogen and oxygen atoms in total. The van der Waals surface area contributed by atoms with Crippen LogP contribution >= 0.6 is 0 Å². The molecule has 0 unspecified atom stereocenters. The summed E-state index contributed by atoms with van der Waals surface area (Å²) in [6, 6.07) is 64.4. The SMILES string of the molecule is Cn1cnc(-c2[c-]cccc2)c1-c1ccccc1.Cn1cnc(-c2[c-]cccc2)c1-c1ccccc1.Cn1cnc(-c2[c-]cccc2)c1-c1ccccc1.[Ir+3]. The summed E-state index contributed by atoms with van der Waals surface area (Å²) < 4.78 is 6.14. The molecule has 0 aliphatic rings.